The van der Waals surface area contributed by atoms with Crippen LogP contribution in [0, 0.1) is 11.8 Å². The summed E-state index contributed by atoms with van der Waals surface area (Å²) in [6.07, 6.45) is 14.3. The van der Waals surface area contributed by atoms with Gasteiger partial charge in [-0.3, -0.25) is 0 Å². The Morgan fingerprint density at radius 3 is 2.84 bits per heavy atom. The monoisotopic (exact) mass is 259 g/mol. The number of rotatable bonds is 3. The summed E-state index contributed by atoms with van der Waals surface area (Å²) in [5.74, 6) is 3.34. The summed E-state index contributed by atoms with van der Waals surface area (Å²) in [5.41, 5.74) is 1.44. The van der Waals surface area contributed by atoms with Gasteiger partial charge in [-0.15, -0.1) is 0 Å². The normalized spacial score (nSPS) is 35.1. The van der Waals surface area contributed by atoms with E-state index in [1.54, 1.807) is 0 Å². The van der Waals surface area contributed by atoms with Gasteiger partial charge >= 0.3 is 0 Å². The highest BCUT2D eigenvalue weighted by Crippen LogP contribution is 2.44. The van der Waals surface area contributed by atoms with Gasteiger partial charge in [-0.25, -0.2) is 0 Å². The number of hydrogen-bond acceptors (Lipinski definition) is 2. The maximum absolute atomic E-state index is 5.60. The molecular formula is C17H25NO. The quantitative estimate of drug-likeness (QED) is 0.879. The summed E-state index contributed by atoms with van der Waals surface area (Å²) in [5, 5.41) is 3.95. The Bertz CT molecular complexity index is 434. The fourth-order valence-corrected chi connectivity index (χ4v) is 4.32. The third-order valence-electron chi connectivity index (χ3n) is 5.49. The molecule has 1 aromatic rings. The maximum Gasteiger partial charge on any atom is 0.108 e. The number of furan rings is 1. The molecule has 2 saturated carbocycles. The molecule has 3 unspecified atom stereocenters. The second kappa shape index (κ2) is 4.97. The maximum atomic E-state index is 5.60. The van der Waals surface area contributed by atoms with Crippen LogP contribution in [0.25, 0.3) is 0 Å². The Balaban J connectivity index is 1.41. The van der Waals surface area contributed by atoms with Crippen molar-refractivity contribution >= 4 is 0 Å². The van der Waals surface area contributed by atoms with Crippen molar-refractivity contribution in [1.82, 2.24) is 5.32 Å². The average Bonchev–Trinajstić information content (AvgIpc) is 3.17. The number of aryl methyl sites for hydroxylation is 1. The third kappa shape index (κ3) is 2.47. The van der Waals surface area contributed by atoms with E-state index < -0.39 is 0 Å². The summed E-state index contributed by atoms with van der Waals surface area (Å²) in [6, 6.07) is 3.50. The van der Waals surface area contributed by atoms with Crippen molar-refractivity contribution in [3.63, 3.8) is 0 Å². The topological polar surface area (TPSA) is 25.2 Å². The number of fused-ring (bicyclic) bond motifs is 1. The van der Waals surface area contributed by atoms with Crippen LogP contribution in [0.1, 0.15) is 68.7 Å². The van der Waals surface area contributed by atoms with Crippen molar-refractivity contribution in [3.05, 3.63) is 23.7 Å². The molecule has 2 nitrogen and oxygen atoms in total. The predicted molar refractivity (Wildman–Crippen MR) is 76.0 cm³/mol. The average molecular weight is 259 g/mol. The minimum atomic E-state index is 0.561. The van der Waals surface area contributed by atoms with Crippen LogP contribution < -0.4 is 5.32 Å². The highest BCUT2D eigenvalue weighted by Gasteiger charge is 2.35. The van der Waals surface area contributed by atoms with Crippen LogP contribution in [0.3, 0.4) is 0 Å². The predicted octanol–water partition coefficient (Wildman–Crippen LogP) is 4.22. The van der Waals surface area contributed by atoms with Gasteiger partial charge in [0.15, 0.2) is 0 Å². The standard InChI is InChI=1S/C17H25NO/c1-3-13(12-7-8-12)11-14(4-1)18-16-5-2-6-17-15(16)9-10-19-17/h9-10,12-14,16,18H,1-8,11H2. The largest absolute Gasteiger partial charge is 0.469 e. The fraction of sp³-hybridized carbons (Fsp3) is 0.765. The van der Waals surface area contributed by atoms with Gasteiger partial charge in [-0.2, -0.15) is 0 Å². The van der Waals surface area contributed by atoms with Crippen LogP contribution in [-0.2, 0) is 6.42 Å². The fourth-order valence-electron chi connectivity index (χ4n) is 4.32. The lowest BCUT2D eigenvalue weighted by atomic mass is 9.81. The van der Waals surface area contributed by atoms with Crippen molar-refractivity contribution < 1.29 is 4.42 Å². The molecule has 4 rings (SSSR count). The first kappa shape index (κ1) is 12.0. The smallest absolute Gasteiger partial charge is 0.108 e. The third-order valence-corrected chi connectivity index (χ3v) is 5.49. The number of hydrogen-bond donors (Lipinski definition) is 1. The molecule has 0 aliphatic heterocycles. The molecule has 3 aliphatic rings. The first-order chi connectivity index (χ1) is 9.40. The Morgan fingerprint density at radius 2 is 1.95 bits per heavy atom. The van der Waals surface area contributed by atoms with Crippen LogP contribution in [0.4, 0.5) is 0 Å². The zero-order valence-corrected chi connectivity index (χ0v) is 11.7. The highest BCUT2D eigenvalue weighted by atomic mass is 16.3. The van der Waals surface area contributed by atoms with E-state index in [-0.39, 0.29) is 0 Å². The molecule has 0 bridgehead atoms. The summed E-state index contributed by atoms with van der Waals surface area (Å²) >= 11 is 0. The van der Waals surface area contributed by atoms with Crippen LogP contribution in [-0.4, -0.2) is 6.04 Å². The lowest BCUT2D eigenvalue weighted by Gasteiger charge is -2.34. The van der Waals surface area contributed by atoms with Gasteiger partial charge in [-0.1, -0.05) is 12.8 Å². The second-order valence-corrected chi connectivity index (χ2v) is 6.87. The Kier molecular flexibility index (Phi) is 3.14. The van der Waals surface area contributed by atoms with Crippen LogP contribution in [0.5, 0.6) is 0 Å². The minimum Gasteiger partial charge on any atom is -0.469 e. The molecule has 104 valence electrons. The first-order valence-electron chi connectivity index (χ1n) is 8.22. The lowest BCUT2D eigenvalue weighted by Crippen LogP contribution is -2.38. The first-order valence-corrected chi connectivity index (χ1v) is 8.22. The molecular weight excluding hydrogens is 234 g/mol. The van der Waals surface area contributed by atoms with Crippen molar-refractivity contribution in [1.29, 1.82) is 0 Å². The molecule has 19 heavy (non-hydrogen) atoms. The molecule has 0 radical (unpaired) electrons. The minimum absolute atomic E-state index is 0.561. The molecule has 0 spiro atoms. The van der Waals surface area contributed by atoms with E-state index >= 15 is 0 Å². The van der Waals surface area contributed by atoms with E-state index in [0.29, 0.717) is 6.04 Å². The van der Waals surface area contributed by atoms with Gasteiger partial charge in [0.1, 0.15) is 5.76 Å². The van der Waals surface area contributed by atoms with Crippen LogP contribution >= 0.6 is 0 Å². The second-order valence-electron chi connectivity index (χ2n) is 6.87. The Morgan fingerprint density at radius 1 is 1.00 bits per heavy atom. The van der Waals surface area contributed by atoms with Gasteiger partial charge in [0.2, 0.25) is 0 Å². The number of nitrogens with one attached hydrogen (secondary N) is 1. The summed E-state index contributed by atoms with van der Waals surface area (Å²) < 4.78 is 5.60. The Labute approximate surface area is 116 Å². The van der Waals surface area contributed by atoms with Gasteiger partial charge in [0.05, 0.1) is 6.26 Å². The van der Waals surface area contributed by atoms with Gasteiger partial charge in [0, 0.05) is 24.1 Å². The molecule has 0 aromatic carbocycles. The van der Waals surface area contributed by atoms with E-state index in [9.17, 15) is 0 Å². The lowest BCUT2D eigenvalue weighted by molar-refractivity contribution is 0.238. The molecule has 1 N–H and O–H groups in total. The van der Waals surface area contributed by atoms with Crippen LogP contribution in [0.2, 0.25) is 0 Å². The summed E-state index contributed by atoms with van der Waals surface area (Å²) in [7, 11) is 0. The summed E-state index contributed by atoms with van der Waals surface area (Å²) in [4.78, 5) is 0. The molecule has 2 fully saturated rings. The van der Waals surface area contributed by atoms with E-state index in [2.05, 4.69) is 11.4 Å². The van der Waals surface area contributed by atoms with E-state index in [1.807, 2.05) is 6.26 Å². The molecule has 1 heterocycles. The molecule has 1 aromatic heterocycles. The van der Waals surface area contributed by atoms with Crippen LogP contribution in [0.15, 0.2) is 16.7 Å². The van der Waals surface area contributed by atoms with Crippen molar-refractivity contribution in [2.45, 2.75) is 69.9 Å². The van der Waals surface area contributed by atoms with E-state index in [1.165, 1.54) is 62.7 Å². The van der Waals surface area contributed by atoms with Gasteiger partial charge in [-0.05, 0) is 56.4 Å². The molecule has 0 amide bonds. The van der Waals surface area contributed by atoms with Gasteiger partial charge < -0.3 is 9.73 Å². The zero-order valence-electron chi connectivity index (χ0n) is 11.7. The zero-order chi connectivity index (χ0) is 12.7. The van der Waals surface area contributed by atoms with Gasteiger partial charge in [0.25, 0.3) is 0 Å². The summed E-state index contributed by atoms with van der Waals surface area (Å²) in [6.45, 7) is 0. The molecule has 3 atom stereocenters. The van der Waals surface area contributed by atoms with Crippen molar-refractivity contribution in [2.75, 3.05) is 0 Å². The highest BCUT2D eigenvalue weighted by molar-refractivity contribution is 5.24. The molecule has 2 heteroatoms. The molecule has 3 aliphatic carbocycles. The van der Waals surface area contributed by atoms with Crippen molar-refractivity contribution in [2.24, 2.45) is 11.8 Å². The SMILES string of the molecule is c1cc2c(o1)CCCC2NC1CCCC(C2CC2)C1. The van der Waals surface area contributed by atoms with Crippen molar-refractivity contribution in [3.8, 4) is 0 Å². The Hall–Kier alpha value is -0.760. The van der Waals surface area contributed by atoms with E-state index in [0.717, 1.165) is 24.3 Å². The van der Waals surface area contributed by atoms with E-state index in [4.69, 9.17) is 4.42 Å². The molecule has 0 saturated heterocycles.